The third-order valence-electron chi connectivity index (χ3n) is 4.03. The zero-order valence-corrected chi connectivity index (χ0v) is 16.1. The van der Waals surface area contributed by atoms with Crippen LogP contribution in [0.2, 0.25) is 0 Å². The van der Waals surface area contributed by atoms with Gasteiger partial charge in [0.2, 0.25) is 0 Å². The van der Waals surface area contributed by atoms with Crippen LogP contribution in [0.4, 0.5) is 4.79 Å². The summed E-state index contributed by atoms with van der Waals surface area (Å²) < 4.78 is 5.19. The van der Waals surface area contributed by atoms with Gasteiger partial charge in [-0.1, -0.05) is 56.7 Å². The molecule has 0 aromatic heterocycles. The van der Waals surface area contributed by atoms with Crippen LogP contribution in [0, 0.1) is 0 Å². The van der Waals surface area contributed by atoms with Gasteiger partial charge in [-0.3, -0.25) is 0 Å². The predicted octanol–water partition coefficient (Wildman–Crippen LogP) is 5.58. The number of alkyl carbamates (subject to hydrolysis) is 1. The SMILES string of the molecule is CC(C)(C)OC(=O)NCCCCCCCCCCc1ccccc1O. The summed E-state index contributed by atoms with van der Waals surface area (Å²) in [5.74, 6) is 0.419. The second-order valence-electron chi connectivity index (χ2n) is 7.64. The van der Waals surface area contributed by atoms with Gasteiger partial charge in [0.1, 0.15) is 11.4 Å². The molecular weight excluding hydrogens is 314 g/mol. The van der Waals surface area contributed by atoms with Gasteiger partial charge in [0.15, 0.2) is 0 Å². The van der Waals surface area contributed by atoms with Crippen LogP contribution >= 0.6 is 0 Å². The summed E-state index contributed by atoms with van der Waals surface area (Å²) in [5.41, 5.74) is 0.628. The Kier molecular flexibility index (Phi) is 10.0. The molecule has 1 aromatic rings. The molecule has 0 bridgehead atoms. The molecule has 0 spiro atoms. The molecule has 1 aromatic carbocycles. The lowest BCUT2D eigenvalue weighted by atomic mass is 10.0. The summed E-state index contributed by atoms with van der Waals surface area (Å²) in [6, 6.07) is 7.60. The first-order chi connectivity index (χ1) is 11.9. The number of aryl methyl sites for hydroxylation is 1. The summed E-state index contributed by atoms with van der Waals surface area (Å²) in [6.45, 7) is 6.30. The van der Waals surface area contributed by atoms with E-state index in [1.807, 2.05) is 39.0 Å². The monoisotopic (exact) mass is 349 g/mol. The summed E-state index contributed by atoms with van der Waals surface area (Å²) in [6.07, 6.45) is 10.1. The van der Waals surface area contributed by atoms with E-state index in [2.05, 4.69) is 5.32 Å². The molecule has 4 nitrogen and oxygen atoms in total. The number of benzene rings is 1. The van der Waals surface area contributed by atoms with Crippen molar-refractivity contribution in [3.63, 3.8) is 0 Å². The van der Waals surface area contributed by atoms with E-state index in [1.54, 1.807) is 6.07 Å². The lowest BCUT2D eigenvalue weighted by Crippen LogP contribution is -2.32. The van der Waals surface area contributed by atoms with Gasteiger partial charge in [0, 0.05) is 6.54 Å². The number of hydrogen-bond acceptors (Lipinski definition) is 3. The highest BCUT2D eigenvalue weighted by atomic mass is 16.6. The number of para-hydroxylation sites is 1. The van der Waals surface area contributed by atoms with Crippen molar-refractivity contribution in [2.45, 2.75) is 84.2 Å². The smallest absolute Gasteiger partial charge is 0.407 e. The quantitative estimate of drug-likeness (QED) is 0.513. The zero-order valence-electron chi connectivity index (χ0n) is 16.1. The number of hydrogen-bond donors (Lipinski definition) is 2. The number of phenolic OH excluding ortho intramolecular Hbond substituents is 1. The Morgan fingerprint density at radius 1 is 0.960 bits per heavy atom. The first-order valence-electron chi connectivity index (χ1n) is 9.62. The van der Waals surface area contributed by atoms with E-state index < -0.39 is 5.60 Å². The van der Waals surface area contributed by atoms with Crippen LogP contribution in [0.5, 0.6) is 5.75 Å². The van der Waals surface area contributed by atoms with Crippen molar-refractivity contribution in [1.82, 2.24) is 5.32 Å². The van der Waals surface area contributed by atoms with Gasteiger partial charge in [-0.25, -0.2) is 4.79 Å². The third kappa shape index (κ3) is 11.5. The molecule has 2 N–H and O–H groups in total. The molecule has 0 saturated carbocycles. The van der Waals surface area contributed by atoms with Gasteiger partial charge in [-0.15, -0.1) is 0 Å². The topological polar surface area (TPSA) is 58.6 Å². The summed E-state index contributed by atoms with van der Waals surface area (Å²) >= 11 is 0. The van der Waals surface area contributed by atoms with E-state index in [1.165, 1.54) is 32.1 Å². The van der Waals surface area contributed by atoms with Gasteiger partial charge in [-0.2, -0.15) is 0 Å². The fraction of sp³-hybridized carbons (Fsp3) is 0.667. The van der Waals surface area contributed by atoms with Gasteiger partial charge < -0.3 is 15.2 Å². The maximum absolute atomic E-state index is 11.5. The van der Waals surface area contributed by atoms with Gasteiger partial charge in [0.05, 0.1) is 0 Å². The van der Waals surface area contributed by atoms with Crippen molar-refractivity contribution < 1.29 is 14.6 Å². The highest BCUT2D eigenvalue weighted by Gasteiger charge is 2.15. The van der Waals surface area contributed by atoms with Crippen molar-refractivity contribution in [3.05, 3.63) is 29.8 Å². The maximum Gasteiger partial charge on any atom is 0.407 e. The molecule has 0 atom stereocenters. The molecule has 0 aliphatic rings. The van der Waals surface area contributed by atoms with Crippen molar-refractivity contribution in [2.24, 2.45) is 0 Å². The Bertz CT molecular complexity index is 494. The van der Waals surface area contributed by atoms with Crippen LogP contribution in [-0.2, 0) is 11.2 Å². The number of nitrogens with one attached hydrogen (secondary N) is 1. The number of phenols is 1. The largest absolute Gasteiger partial charge is 0.508 e. The van der Waals surface area contributed by atoms with Crippen molar-refractivity contribution >= 4 is 6.09 Å². The minimum absolute atomic E-state index is 0.322. The molecule has 0 heterocycles. The highest BCUT2D eigenvalue weighted by molar-refractivity contribution is 5.67. The van der Waals surface area contributed by atoms with Crippen LogP contribution in [0.1, 0.15) is 77.7 Å². The van der Waals surface area contributed by atoms with Crippen molar-refractivity contribution in [2.75, 3.05) is 6.54 Å². The van der Waals surface area contributed by atoms with Crippen LogP contribution in [0.3, 0.4) is 0 Å². The van der Waals surface area contributed by atoms with Crippen LogP contribution < -0.4 is 5.32 Å². The summed E-state index contributed by atoms with van der Waals surface area (Å²) in [7, 11) is 0. The number of unbranched alkanes of at least 4 members (excludes halogenated alkanes) is 7. The number of aromatic hydroxyl groups is 1. The van der Waals surface area contributed by atoms with E-state index in [-0.39, 0.29) is 6.09 Å². The Labute approximate surface area is 153 Å². The molecule has 0 aliphatic heterocycles. The Morgan fingerprint density at radius 3 is 2.12 bits per heavy atom. The lowest BCUT2D eigenvalue weighted by molar-refractivity contribution is 0.0527. The number of ether oxygens (including phenoxy) is 1. The average molecular weight is 350 g/mol. The second-order valence-corrected chi connectivity index (χ2v) is 7.64. The van der Waals surface area contributed by atoms with Gasteiger partial charge >= 0.3 is 6.09 Å². The van der Waals surface area contributed by atoms with Crippen LogP contribution in [0.15, 0.2) is 24.3 Å². The molecular formula is C21H35NO3. The molecule has 0 fully saturated rings. The predicted molar refractivity (Wildman–Crippen MR) is 103 cm³/mol. The summed E-state index contributed by atoms with van der Waals surface area (Å²) in [4.78, 5) is 11.5. The third-order valence-corrected chi connectivity index (χ3v) is 4.03. The van der Waals surface area contributed by atoms with E-state index in [4.69, 9.17) is 4.74 Å². The van der Waals surface area contributed by atoms with Gasteiger partial charge in [0.25, 0.3) is 0 Å². The standard InChI is InChI=1S/C21H35NO3/c1-21(2,3)25-20(24)22-17-13-9-7-5-4-6-8-10-14-18-15-11-12-16-19(18)23/h11-12,15-16,23H,4-10,13-14,17H2,1-3H3,(H,22,24). The van der Waals surface area contributed by atoms with Crippen LogP contribution in [0.25, 0.3) is 0 Å². The number of amides is 1. The molecule has 0 radical (unpaired) electrons. The van der Waals surface area contributed by atoms with E-state index in [9.17, 15) is 9.90 Å². The average Bonchev–Trinajstić information content (AvgIpc) is 2.52. The fourth-order valence-corrected chi connectivity index (χ4v) is 2.73. The second kappa shape index (κ2) is 11.8. The fourth-order valence-electron chi connectivity index (χ4n) is 2.73. The molecule has 25 heavy (non-hydrogen) atoms. The number of carbonyl (C=O) groups excluding carboxylic acids is 1. The molecule has 4 heteroatoms. The van der Waals surface area contributed by atoms with Crippen LogP contribution in [-0.4, -0.2) is 23.3 Å². The maximum atomic E-state index is 11.5. The van der Waals surface area contributed by atoms with Crippen molar-refractivity contribution in [3.8, 4) is 5.75 Å². The minimum Gasteiger partial charge on any atom is -0.508 e. The number of carbonyl (C=O) groups is 1. The summed E-state index contributed by atoms with van der Waals surface area (Å²) in [5, 5.41) is 12.5. The normalized spacial score (nSPS) is 11.3. The lowest BCUT2D eigenvalue weighted by Gasteiger charge is -2.19. The number of rotatable bonds is 11. The molecule has 142 valence electrons. The Balaban J connectivity index is 1.88. The molecule has 1 amide bonds. The Morgan fingerprint density at radius 2 is 1.52 bits per heavy atom. The molecule has 0 aliphatic carbocycles. The first-order valence-corrected chi connectivity index (χ1v) is 9.62. The molecule has 0 saturated heterocycles. The van der Waals surface area contributed by atoms with E-state index in [0.29, 0.717) is 12.3 Å². The van der Waals surface area contributed by atoms with E-state index >= 15 is 0 Å². The van der Waals surface area contributed by atoms with Gasteiger partial charge in [-0.05, 0) is 51.7 Å². The molecule has 1 rings (SSSR count). The Hall–Kier alpha value is -1.71. The van der Waals surface area contributed by atoms with E-state index in [0.717, 1.165) is 31.2 Å². The zero-order chi connectivity index (χ0) is 18.5. The molecule has 0 unspecified atom stereocenters. The van der Waals surface area contributed by atoms with Crippen molar-refractivity contribution in [1.29, 1.82) is 0 Å². The highest BCUT2D eigenvalue weighted by Crippen LogP contribution is 2.19. The first kappa shape index (κ1) is 21.3. The minimum atomic E-state index is -0.427.